The molecule has 0 aliphatic rings. The second-order valence-corrected chi connectivity index (χ2v) is 3.68. The summed E-state index contributed by atoms with van der Waals surface area (Å²) in [5, 5.41) is 7.36. The zero-order chi connectivity index (χ0) is 10.2. The first kappa shape index (κ1) is 9.97. The minimum Gasteiger partial charge on any atom is -0.308 e. The maximum Gasteiger partial charge on any atom is 0.0255 e. The lowest BCUT2D eigenvalue weighted by atomic mass is 9.90. The second-order valence-electron chi connectivity index (χ2n) is 3.68. The Hall–Kier alpha value is -1.11. The lowest BCUT2D eigenvalue weighted by Crippen LogP contribution is -2.01. The normalized spacial score (nSPS) is 10.2. The molecule has 0 unspecified atom stereocenters. The third-order valence-electron chi connectivity index (χ3n) is 3.20. The van der Waals surface area contributed by atoms with Gasteiger partial charge in [-0.15, -0.1) is 0 Å². The molecule has 0 saturated carbocycles. The monoisotopic (exact) mass is 175 g/mol. The number of hydrogen-bond acceptors (Lipinski definition) is 1. The van der Waals surface area contributed by atoms with Crippen molar-refractivity contribution in [3.63, 3.8) is 0 Å². The van der Waals surface area contributed by atoms with Gasteiger partial charge in [-0.3, -0.25) is 0 Å². The molecule has 13 heavy (non-hydrogen) atoms. The fraction of sp³-hybridized carbons (Fsp3) is 0.417. The van der Waals surface area contributed by atoms with Crippen molar-refractivity contribution < 1.29 is 0 Å². The highest BCUT2D eigenvalue weighted by molar-refractivity contribution is 5.83. The van der Waals surface area contributed by atoms with E-state index in [2.05, 4.69) is 34.6 Å². The van der Waals surface area contributed by atoms with E-state index < -0.39 is 0 Å². The smallest absolute Gasteiger partial charge is 0.0255 e. The first-order valence-electron chi connectivity index (χ1n) is 4.58. The highest BCUT2D eigenvalue weighted by Crippen LogP contribution is 2.24. The predicted octanol–water partition coefficient (Wildman–Crippen LogP) is 3.23. The molecule has 1 aromatic carbocycles. The first-order valence-corrected chi connectivity index (χ1v) is 4.58. The van der Waals surface area contributed by atoms with Gasteiger partial charge in [0.2, 0.25) is 0 Å². The lowest BCUT2D eigenvalue weighted by molar-refractivity contribution is 1.17. The van der Waals surface area contributed by atoms with Gasteiger partial charge in [0.1, 0.15) is 0 Å². The molecule has 0 fully saturated rings. The van der Waals surface area contributed by atoms with Gasteiger partial charge in [-0.1, -0.05) is 0 Å². The van der Waals surface area contributed by atoms with E-state index in [0.717, 1.165) is 5.56 Å². The molecule has 0 atom stereocenters. The molecule has 1 nitrogen and oxygen atoms in total. The molecule has 1 N–H and O–H groups in total. The van der Waals surface area contributed by atoms with Gasteiger partial charge >= 0.3 is 0 Å². The largest absolute Gasteiger partial charge is 0.308 e. The summed E-state index contributed by atoms with van der Waals surface area (Å²) in [5.41, 5.74) is 7.58. The fourth-order valence-electron chi connectivity index (χ4n) is 1.75. The molecular formula is C12H17N. The Morgan fingerprint density at radius 3 is 1.31 bits per heavy atom. The third-order valence-corrected chi connectivity index (χ3v) is 3.20. The van der Waals surface area contributed by atoms with E-state index in [1.54, 1.807) is 0 Å². The Morgan fingerprint density at radius 1 is 0.692 bits per heavy atom. The summed E-state index contributed by atoms with van der Waals surface area (Å²) < 4.78 is 0. The van der Waals surface area contributed by atoms with Gasteiger partial charge in [-0.25, -0.2) is 0 Å². The van der Waals surface area contributed by atoms with Crippen LogP contribution in [0.1, 0.15) is 33.4 Å². The zero-order valence-corrected chi connectivity index (χ0v) is 9.08. The maximum absolute atomic E-state index is 7.36. The van der Waals surface area contributed by atoms with Gasteiger partial charge in [0.05, 0.1) is 0 Å². The minimum atomic E-state index is 1.08. The molecule has 0 amide bonds. The molecule has 0 radical (unpaired) electrons. The maximum atomic E-state index is 7.36. The number of hydrogen-bond donors (Lipinski definition) is 1. The number of nitrogens with one attached hydrogen (secondary N) is 1. The van der Waals surface area contributed by atoms with E-state index >= 15 is 0 Å². The van der Waals surface area contributed by atoms with Crippen molar-refractivity contribution in [2.24, 2.45) is 0 Å². The summed E-state index contributed by atoms with van der Waals surface area (Å²) >= 11 is 0. The molecule has 1 aromatic rings. The summed E-state index contributed by atoms with van der Waals surface area (Å²) in [6.07, 6.45) is 1.46. The SMILES string of the molecule is Cc1c(C)c(C)c(C=N)c(C)c1C. The van der Waals surface area contributed by atoms with Gasteiger partial charge in [-0.05, 0) is 68.0 Å². The minimum absolute atomic E-state index is 1.08. The Balaban J connectivity index is 3.66. The Kier molecular flexibility index (Phi) is 2.55. The van der Waals surface area contributed by atoms with Crippen molar-refractivity contribution in [3.05, 3.63) is 33.4 Å². The van der Waals surface area contributed by atoms with Crippen molar-refractivity contribution in [1.82, 2.24) is 0 Å². The van der Waals surface area contributed by atoms with Crippen LogP contribution in [-0.4, -0.2) is 6.21 Å². The topological polar surface area (TPSA) is 23.9 Å². The lowest BCUT2D eigenvalue weighted by Gasteiger charge is -2.15. The average Bonchev–Trinajstić information content (AvgIpc) is 2.13. The first-order chi connectivity index (χ1) is 6.00. The molecule has 0 aliphatic heterocycles. The van der Waals surface area contributed by atoms with Crippen LogP contribution in [-0.2, 0) is 0 Å². The van der Waals surface area contributed by atoms with E-state index in [-0.39, 0.29) is 0 Å². The van der Waals surface area contributed by atoms with E-state index in [1.807, 2.05) is 0 Å². The highest BCUT2D eigenvalue weighted by Gasteiger charge is 2.09. The van der Waals surface area contributed by atoms with Gasteiger partial charge in [0.25, 0.3) is 0 Å². The highest BCUT2D eigenvalue weighted by atomic mass is 14.3. The van der Waals surface area contributed by atoms with E-state index in [1.165, 1.54) is 34.0 Å². The standard InChI is InChI=1S/C12H17N/c1-7-8(2)10(4)12(6-13)11(5)9(7)3/h6,13H,1-5H3. The molecular weight excluding hydrogens is 158 g/mol. The molecule has 0 spiro atoms. The van der Waals surface area contributed by atoms with Crippen LogP contribution in [0.25, 0.3) is 0 Å². The predicted molar refractivity (Wildman–Crippen MR) is 58.0 cm³/mol. The summed E-state index contributed by atoms with van der Waals surface area (Å²) in [6, 6.07) is 0. The van der Waals surface area contributed by atoms with E-state index in [0.29, 0.717) is 0 Å². The van der Waals surface area contributed by atoms with Crippen molar-refractivity contribution in [1.29, 1.82) is 5.41 Å². The Morgan fingerprint density at radius 2 is 1.00 bits per heavy atom. The average molecular weight is 175 g/mol. The molecule has 1 rings (SSSR count). The number of benzene rings is 1. The van der Waals surface area contributed by atoms with E-state index in [4.69, 9.17) is 5.41 Å². The van der Waals surface area contributed by atoms with Crippen LogP contribution < -0.4 is 0 Å². The van der Waals surface area contributed by atoms with Crippen molar-refractivity contribution in [3.8, 4) is 0 Å². The van der Waals surface area contributed by atoms with Crippen LogP contribution in [0.4, 0.5) is 0 Å². The summed E-state index contributed by atoms with van der Waals surface area (Å²) in [4.78, 5) is 0. The molecule has 70 valence electrons. The van der Waals surface area contributed by atoms with Crippen LogP contribution in [0.5, 0.6) is 0 Å². The summed E-state index contributed by atoms with van der Waals surface area (Å²) in [7, 11) is 0. The van der Waals surface area contributed by atoms with Crippen molar-refractivity contribution in [2.45, 2.75) is 34.6 Å². The molecule has 0 bridgehead atoms. The van der Waals surface area contributed by atoms with Gasteiger partial charge in [0.15, 0.2) is 0 Å². The van der Waals surface area contributed by atoms with Crippen LogP contribution >= 0.6 is 0 Å². The van der Waals surface area contributed by atoms with Crippen LogP contribution in [0.2, 0.25) is 0 Å². The van der Waals surface area contributed by atoms with Crippen molar-refractivity contribution in [2.75, 3.05) is 0 Å². The third kappa shape index (κ3) is 1.39. The van der Waals surface area contributed by atoms with Crippen molar-refractivity contribution >= 4 is 6.21 Å². The molecule has 0 saturated heterocycles. The van der Waals surface area contributed by atoms with Gasteiger partial charge in [-0.2, -0.15) is 0 Å². The van der Waals surface area contributed by atoms with Crippen LogP contribution in [0.15, 0.2) is 0 Å². The van der Waals surface area contributed by atoms with Gasteiger partial charge in [0, 0.05) is 6.21 Å². The Bertz CT molecular complexity index is 333. The quantitative estimate of drug-likeness (QED) is 0.634. The molecule has 0 aliphatic carbocycles. The molecule has 0 aromatic heterocycles. The van der Waals surface area contributed by atoms with E-state index in [9.17, 15) is 0 Å². The fourth-order valence-corrected chi connectivity index (χ4v) is 1.75. The number of rotatable bonds is 1. The zero-order valence-electron chi connectivity index (χ0n) is 9.08. The second kappa shape index (κ2) is 3.33. The molecule has 1 heteroatoms. The summed E-state index contributed by atoms with van der Waals surface area (Å²) in [5.74, 6) is 0. The van der Waals surface area contributed by atoms with Gasteiger partial charge < -0.3 is 5.41 Å². The van der Waals surface area contributed by atoms with Crippen LogP contribution in [0.3, 0.4) is 0 Å². The Labute approximate surface area is 80.3 Å². The summed E-state index contributed by atoms with van der Waals surface area (Å²) in [6.45, 7) is 10.6. The van der Waals surface area contributed by atoms with Crippen LogP contribution in [0, 0.1) is 40.0 Å². The molecule has 0 heterocycles.